The quantitative estimate of drug-likeness (QED) is 0.224. The molecule has 8 heteroatoms. The van der Waals surface area contributed by atoms with Crippen molar-refractivity contribution in [3.8, 4) is 5.75 Å². The number of para-hydroxylation sites is 1. The Labute approximate surface area is 194 Å². The zero-order valence-corrected chi connectivity index (χ0v) is 19.2. The third kappa shape index (κ3) is 8.25. The lowest BCUT2D eigenvalue weighted by Gasteiger charge is -2.35. The fourth-order valence-corrected chi connectivity index (χ4v) is 3.33. The minimum Gasteiger partial charge on any atom is -0.491 e. The van der Waals surface area contributed by atoms with Crippen LogP contribution in [0.15, 0.2) is 60.7 Å². The molecule has 1 atom stereocenters. The molecule has 2 aromatic rings. The van der Waals surface area contributed by atoms with E-state index in [1.54, 1.807) is 29.8 Å². The van der Waals surface area contributed by atoms with E-state index in [1.165, 1.54) is 6.08 Å². The van der Waals surface area contributed by atoms with Crippen molar-refractivity contribution in [1.82, 2.24) is 5.48 Å². The van der Waals surface area contributed by atoms with Crippen LogP contribution in [-0.2, 0) is 9.53 Å². The Morgan fingerprint density at radius 3 is 2.48 bits per heavy atom. The maximum absolute atomic E-state index is 12.8. The van der Waals surface area contributed by atoms with Crippen LogP contribution in [0.4, 0.5) is 10.5 Å². The van der Waals surface area contributed by atoms with E-state index in [2.05, 4.69) is 5.32 Å². The lowest BCUT2D eigenvalue weighted by molar-refractivity contribution is -0.124. The Morgan fingerprint density at radius 2 is 1.82 bits per heavy atom. The molecule has 0 spiro atoms. The summed E-state index contributed by atoms with van der Waals surface area (Å²) >= 11 is 0. The molecule has 0 aliphatic carbocycles. The minimum absolute atomic E-state index is 0.110. The van der Waals surface area contributed by atoms with Gasteiger partial charge in [-0.25, -0.2) is 10.3 Å². The van der Waals surface area contributed by atoms with Gasteiger partial charge in [0.05, 0.1) is 6.61 Å². The molecule has 4 N–H and O–H groups in total. The van der Waals surface area contributed by atoms with E-state index in [0.717, 1.165) is 5.56 Å². The van der Waals surface area contributed by atoms with E-state index in [9.17, 15) is 14.7 Å². The molecule has 0 aromatic heterocycles. The summed E-state index contributed by atoms with van der Waals surface area (Å²) in [7, 11) is 0. The number of amides is 2. The van der Waals surface area contributed by atoms with Gasteiger partial charge in [-0.2, -0.15) is 0 Å². The van der Waals surface area contributed by atoms with Crippen molar-refractivity contribution >= 4 is 17.7 Å². The van der Waals surface area contributed by atoms with Crippen LogP contribution in [0.3, 0.4) is 0 Å². The molecule has 0 bridgehead atoms. The summed E-state index contributed by atoms with van der Waals surface area (Å²) in [4.78, 5) is 24.0. The van der Waals surface area contributed by atoms with Gasteiger partial charge < -0.3 is 14.6 Å². The maximum atomic E-state index is 12.8. The predicted octanol–water partition coefficient (Wildman–Crippen LogP) is 4.52. The summed E-state index contributed by atoms with van der Waals surface area (Å²) in [6.45, 7) is 5.84. The molecule has 178 valence electrons. The lowest BCUT2D eigenvalue weighted by atomic mass is 9.78. The van der Waals surface area contributed by atoms with Crippen molar-refractivity contribution in [2.45, 2.75) is 39.7 Å². The summed E-state index contributed by atoms with van der Waals surface area (Å²) in [5.41, 5.74) is 3.36. The number of carbonyl (C=O) groups excluding carboxylic acids is 2. The molecule has 0 aliphatic heterocycles. The van der Waals surface area contributed by atoms with Gasteiger partial charge in [0.25, 0.3) is 5.91 Å². The summed E-state index contributed by atoms with van der Waals surface area (Å²) in [6.07, 6.45) is 2.68. The highest BCUT2D eigenvalue weighted by Crippen LogP contribution is 2.44. The minimum atomic E-state index is -0.682. The molecular weight excluding hydrogens is 424 g/mol. The Hall–Kier alpha value is -3.36. The van der Waals surface area contributed by atoms with Crippen LogP contribution >= 0.6 is 0 Å². The van der Waals surface area contributed by atoms with Crippen molar-refractivity contribution in [3.63, 3.8) is 0 Å². The molecule has 2 aromatic carbocycles. The first kappa shape index (κ1) is 25.9. The van der Waals surface area contributed by atoms with Gasteiger partial charge in [-0.1, -0.05) is 55.8 Å². The Morgan fingerprint density at radius 1 is 1.12 bits per heavy atom. The fourth-order valence-electron chi connectivity index (χ4n) is 3.33. The number of benzene rings is 2. The molecule has 0 fully saturated rings. The number of nitrogens with one attached hydrogen (secondary N) is 2. The molecule has 2 rings (SSSR count). The largest absolute Gasteiger partial charge is 0.491 e. The van der Waals surface area contributed by atoms with Crippen molar-refractivity contribution in [3.05, 3.63) is 71.8 Å². The Kier molecular flexibility index (Phi) is 9.90. The molecule has 0 saturated heterocycles. The van der Waals surface area contributed by atoms with Crippen LogP contribution in [0.5, 0.6) is 5.75 Å². The van der Waals surface area contributed by atoms with Crippen LogP contribution in [-0.4, -0.2) is 35.5 Å². The summed E-state index contributed by atoms with van der Waals surface area (Å²) in [5.74, 6) is -0.0937. The van der Waals surface area contributed by atoms with Gasteiger partial charge in [-0.05, 0) is 38.0 Å². The van der Waals surface area contributed by atoms with Gasteiger partial charge in [0, 0.05) is 22.7 Å². The SMILES string of the molecule is Cc1ccc(NC(=O)O[C@H](c2ccccc2OCCO)C(C)(C)CC/C=C/C(=O)NO)cc1. The van der Waals surface area contributed by atoms with Crippen molar-refractivity contribution < 1.29 is 29.4 Å². The summed E-state index contributed by atoms with van der Waals surface area (Å²) < 4.78 is 11.6. The Balaban J connectivity index is 2.27. The van der Waals surface area contributed by atoms with Gasteiger partial charge in [-0.3, -0.25) is 15.3 Å². The van der Waals surface area contributed by atoms with Gasteiger partial charge in [0.1, 0.15) is 18.5 Å². The summed E-state index contributed by atoms with van der Waals surface area (Å²) in [5, 5.41) is 20.6. The number of aliphatic hydroxyl groups excluding tert-OH is 1. The number of aliphatic hydroxyl groups is 1. The molecular formula is C25H32N2O6. The van der Waals surface area contributed by atoms with Crippen LogP contribution in [0.25, 0.3) is 0 Å². The second-order valence-corrected chi connectivity index (χ2v) is 8.29. The normalized spacial score (nSPS) is 12.3. The highest BCUT2D eigenvalue weighted by atomic mass is 16.6. The maximum Gasteiger partial charge on any atom is 0.412 e. The highest BCUT2D eigenvalue weighted by molar-refractivity contribution is 5.86. The molecule has 2 amide bonds. The average molecular weight is 457 g/mol. The molecule has 0 unspecified atom stereocenters. The standard InChI is InChI=1S/C25H32N2O6/c1-18-11-13-19(14-12-18)26-24(30)33-23(20-8-4-5-9-21(20)32-17-16-28)25(2,3)15-7-6-10-22(29)27-31/h4-6,8-14,23,28,31H,7,15-17H2,1-3H3,(H,26,30)(H,27,29)/b10-6+/t23-/m1/s1. The number of aryl methyl sites for hydroxylation is 1. The zero-order chi connectivity index (χ0) is 24.3. The molecule has 0 radical (unpaired) electrons. The third-order valence-electron chi connectivity index (χ3n) is 5.12. The highest BCUT2D eigenvalue weighted by Gasteiger charge is 2.35. The van der Waals surface area contributed by atoms with Crippen LogP contribution < -0.4 is 15.5 Å². The second-order valence-electron chi connectivity index (χ2n) is 8.29. The van der Waals surface area contributed by atoms with Crippen LogP contribution in [0.2, 0.25) is 0 Å². The molecule has 33 heavy (non-hydrogen) atoms. The topological polar surface area (TPSA) is 117 Å². The van der Waals surface area contributed by atoms with Crippen molar-refractivity contribution in [2.75, 3.05) is 18.5 Å². The zero-order valence-electron chi connectivity index (χ0n) is 19.2. The molecule has 0 heterocycles. The fraction of sp³-hybridized carbons (Fsp3) is 0.360. The first-order valence-corrected chi connectivity index (χ1v) is 10.7. The van der Waals surface area contributed by atoms with Crippen LogP contribution in [0, 0.1) is 12.3 Å². The van der Waals surface area contributed by atoms with Gasteiger partial charge in [0.2, 0.25) is 0 Å². The second kappa shape index (κ2) is 12.6. The number of hydroxylamine groups is 1. The molecule has 8 nitrogen and oxygen atoms in total. The molecule has 0 aliphatic rings. The van der Waals surface area contributed by atoms with Crippen molar-refractivity contribution in [1.29, 1.82) is 0 Å². The van der Waals surface area contributed by atoms with E-state index >= 15 is 0 Å². The Bertz CT molecular complexity index is 940. The van der Waals surface area contributed by atoms with Crippen LogP contribution in [0.1, 0.15) is 43.9 Å². The number of carbonyl (C=O) groups is 2. The van der Waals surface area contributed by atoms with Crippen molar-refractivity contribution in [2.24, 2.45) is 5.41 Å². The predicted molar refractivity (Wildman–Crippen MR) is 125 cm³/mol. The number of allylic oxidation sites excluding steroid dienone is 1. The van der Waals surface area contributed by atoms with E-state index in [1.807, 2.05) is 51.1 Å². The van der Waals surface area contributed by atoms with E-state index in [-0.39, 0.29) is 13.2 Å². The number of rotatable bonds is 11. The number of ether oxygens (including phenoxy) is 2. The number of anilines is 1. The smallest absolute Gasteiger partial charge is 0.412 e. The lowest BCUT2D eigenvalue weighted by Crippen LogP contribution is -2.29. The van der Waals surface area contributed by atoms with E-state index in [0.29, 0.717) is 29.8 Å². The van der Waals surface area contributed by atoms with Gasteiger partial charge in [0.15, 0.2) is 0 Å². The van der Waals surface area contributed by atoms with E-state index in [4.69, 9.17) is 14.7 Å². The number of hydrogen-bond donors (Lipinski definition) is 4. The third-order valence-corrected chi connectivity index (χ3v) is 5.12. The van der Waals surface area contributed by atoms with Gasteiger partial charge in [-0.15, -0.1) is 0 Å². The monoisotopic (exact) mass is 456 g/mol. The first-order chi connectivity index (χ1) is 15.8. The number of hydrogen-bond acceptors (Lipinski definition) is 6. The average Bonchev–Trinajstić information content (AvgIpc) is 2.80. The van der Waals surface area contributed by atoms with E-state index < -0.39 is 23.5 Å². The summed E-state index contributed by atoms with van der Waals surface area (Å²) in [6, 6.07) is 14.6. The van der Waals surface area contributed by atoms with Gasteiger partial charge >= 0.3 is 6.09 Å². The molecule has 0 saturated carbocycles. The first-order valence-electron chi connectivity index (χ1n) is 10.7.